The predicted molar refractivity (Wildman–Crippen MR) is 128 cm³/mol. The van der Waals surface area contributed by atoms with Gasteiger partial charge in [-0.2, -0.15) is 0 Å². The molecule has 0 saturated carbocycles. The molecule has 0 atom stereocenters. The summed E-state index contributed by atoms with van der Waals surface area (Å²) < 4.78 is 10.4. The van der Waals surface area contributed by atoms with E-state index in [1.54, 1.807) is 0 Å². The van der Waals surface area contributed by atoms with Crippen LogP contribution in [-0.4, -0.2) is 57.2 Å². The molecule has 0 spiro atoms. The fourth-order valence-electron chi connectivity index (χ4n) is 4.46. The minimum Gasteiger partial charge on any atom is -0.450 e. The van der Waals surface area contributed by atoms with Crippen LogP contribution in [0.4, 0.5) is 0 Å². The van der Waals surface area contributed by atoms with E-state index in [4.69, 9.17) is 14.4 Å². The van der Waals surface area contributed by atoms with Crippen LogP contribution in [0.2, 0.25) is 0 Å². The van der Waals surface area contributed by atoms with E-state index in [-0.39, 0.29) is 0 Å². The van der Waals surface area contributed by atoms with E-state index in [1.165, 1.54) is 0 Å². The van der Waals surface area contributed by atoms with Gasteiger partial charge in [-0.25, -0.2) is 9.97 Å². The molecule has 2 aliphatic rings. The quantitative estimate of drug-likeness (QED) is 0.444. The van der Waals surface area contributed by atoms with Gasteiger partial charge in [-0.1, -0.05) is 24.3 Å². The van der Waals surface area contributed by atoms with Crippen LogP contribution >= 0.6 is 0 Å². The highest BCUT2D eigenvalue weighted by Gasteiger charge is 2.24. The lowest BCUT2D eigenvalue weighted by atomic mass is 10.3. The van der Waals surface area contributed by atoms with Crippen molar-refractivity contribution in [1.82, 2.24) is 29.7 Å². The number of aliphatic imine (C=N–C) groups is 2. The monoisotopic (exact) mass is 436 g/mol. The van der Waals surface area contributed by atoms with Crippen molar-refractivity contribution in [1.29, 1.82) is 0 Å². The second-order valence-electron chi connectivity index (χ2n) is 7.95. The van der Waals surface area contributed by atoms with Gasteiger partial charge in [0.1, 0.15) is 0 Å². The van der Waals surface area contributed by atoms with Gasteiger partial charge in [-0.15, -0.1) is 0 Å². The van der Waals surface area contributed by atoms with Crippen LogP contribution in [0.25, 0.3) is 45.2 Å². The highest BCUT2D eigenvalue weighted by molar-refractivity contribution is 5.98. The molecule has 0 amide bonds. The molecule has 0 saturated heterocycles. The van der Waals surface area contributed by atoms with E-state index >= 15 is 0 Å². The number of hydrogen-bond acceptors (Lipinski definition) is 7. The number of aromatic nitrogens is 4. The van der Waals surface area contributed by atoms with Crippen molar-refractivity contribution in [2.45, 2.75) is 0 Å². The molecular formula is C24H20N8O. The predicted octanol–water partition coefficient (Wildman–Crippen LogP) is 2.93. The normalized spacial score (nSPS) is 15.6. The number of hydrogen-bond donors (Lipinski definition) is 2. The fourth-order valence-corrected chi connectivity index (χ4v) is 4.46. The molecule has 5 aromatic rings. The van der Waals surface area contributed by atoms with Gasteiger partial charge in [0.15, 0.2) is 23.2 Å². The molecule has 2 aromatic carbocycles. The summed E-state index contributed by atoms with van der Waals surface area (Å²) in [5.74, 6) is 4.28. The van der Waals surface area contributed by atoms with Gasteiger partial charge in [0.25, 0.3) is 0 Å². The first-order valence-electron chi connectivity index (χ1n) is 11.0. The number of fused-ring (bicyclic) bond motifs is 2. The Morgan fingerprint density at radius 2 is 1.12 bits per heavy atom. The van der Waals surface area contributed by atoms with Crippen molar-refractivity contribution in [2.24, 2.45) is 9.98 Å². The standard InChI is InChI=1S/C24H20N8O/c1-3-7-17-15(5-1)29-21(31(17)23-25-11-12-26-23)19-9-10-20(33-19)22-30-16-6-2-4-8-18(16)32(22)24-27-13-14-28-24/h1-10H,11-14H2,(H,25,26)(H,27,28). The molecule has 0 aliphatic carbocycles. The van der Waals surface area contributed by atoms with Crippen molar-refractivity contribution in [3.05, 3.63) is 60.7 Å². The van der Waals surface area contributed by atoms with Crippen LogP contribution in [0.15, 0.2) is 75.1 Å². The zero-order valence-electron chi connectivity index (χ0n) is 17.7. The number of imidazole rings is 2. The van der Waals surface area contributed by atoms with Gasteiger partial charge in [0.2, 0.25) is 11.9 Å². The number of rotatable bonds is 2. The Hall–Kier alpha value is -4.40. The third kappa shape index (κ3) is 2.78. The van der Waals surface area contributed by atoms with E-state index in [9.17, 15) is 0 Å². The third-order valence-corrected chi connectivity index (χ3v) is 5.90. The Morgan fingerprint density at radius 3 is 1.58 bits per heavy atom. The van der Waals surface area contributed by atoms with Gasteiger partial charge < -0.3 is 15.1 Å². The third-order valence-electron chi connectivity index (χ3n) is 5.90. The molecule has 2 N–H and O–H groups in total. The second kappa shape index (κ2) is 7.06. The first-order valence-corrected chi connectivity index (χ1v) is 11.0. The van der Waals surface area contributed by atoms with Gasteiger partial charge >= 0.3 is 0 Å². The van der Waals surface area contributed by atoms with Crippen LogP contribution in [0.1, 0.15) is 0 Å². The Balaban J connectivity index is 1.41. The number of nitrogens with one attached hydrogen (secondary N) is 2. The minimum atomic E-state index is 0.650. The van der Waals surface area contributed by atoms with Crippen molar-refractivity contribution in [3.63, 3.8) is 0 Å². The number of furan rings is 1. The molecule has 0 unspecified atom stereocenters. The summed E-state index contributed by atoms with van der Waals surface area (Å²) in [7, 11) is 0. The lowest BCUT2D eigenvalue weighted by Crippen LogP contribution is -2.26. The van der Waals surface area contributed by atoms with Gasteiger partial charge in [-0.05, 0) is 36.4 Å². The lowest BCUT2D eigenvalue weighted by Gasteiger charge is -2.09. The van der Waals surface area contributed by atoms with Crippen LogP contribution < -0.4 is 10.6 Å². The smallest absolute Gasteiger partial charge is 0.204 e. The maximum atomic E-state index is 6.38. The zero-order chi connectivity index (χ0) is 21.8. The first-order chi connectivity index (χ1) is 16.4. The summed E-state index contributed by atoms with van der Waals surface area (Å²) in [6.07, 6.45) is 0. The van der Waals surface area contributed by atoms with E-state index in [1.807, 2.05) is 69.8 Å². The topological polar surface area (TPSA) is 97.6 Å². The van der Waals surface area contributed by atoms with E-state index in [2.05, 4.69) is 20.6 Å². The van der Waals surface area contributed by atoms with Gasteiger partial charge in [-0.3, -0.25) is 19.1 Å². The Kier molecular flexibility index (Phi) is 3.89. The number of para-hydroxylation sites is 4. The van der Waals surface area contributed by atoms with E-state index in [0.29, 0.717) is 23.2 Å². The highest BCUT2D eigenvalue weighted by Crippen LogP contribution is 2.32. The Morgan fingerprint density at radius 1 is 0.636 bits per heavy atom. The molecule has 9 nitrogen and oxygen atoms in total. The molecule has 7 rings (SSSR count). The van der Waals surface area contributed by atoms with Crippen molar-refractivity contribution in [3.8, 4) is 23.2 Å². The largest absolute Gasteiger partial charge is 0.450 e. The van der Waals surface area contributed by atoms with Crippen molar-refractivity contribution < 1.29 is 4.42 Å². The molecule has 162 valence electrons. The summed E-state index contributed by atoms with van der Waals surface area (Å²) >= 11 is 0. The summed E-state index contributed by atoms with van der Waals surface area (Å²) in [5, 5.41) is 6.71. The van der Waals surface area contributed by atoms with E-state index in [0.717, 1.165) is 60.2 Å². The molecule has 33 heavy (non-hydrogen) atoms. The summed E-state index contributed by atoms with van der Waals surface area (Å²) in [6, 6.07) is 19.9. The van der Waals surface area contributed by atoms with Crippen molar-refractivity contribution >= 4 is 34.0 Å². The average Bonchev–Trinajstić information content (AvgIpc) is 3.65. The first kappa shape index (κ1) is 18.2. The second-order valence-corrected chi connectivity index (χ2v) is 7.95. The minimum absolute atomic E-state index is 0.650. The molecule has 0 bridgehead atoms. The fraction of sp³-hybridized carbons (Fsp3) is 0.167. The molecule has 2 aliphatic heterocycles. The zero-order valence-corrected chi connectivity index (χ0v) is 17.7. The van der Waals surface area contributed by atoms with Crippen LogP contribution in [0, 0.1) is 0 Å². The van der Waals surface area contributed by atoms with Crippen LogP contribution in [-0.2, 0) is 0 Å². The number of nitrogens with zero attached hydrogens (tertiary/aromatic N) is 6. The van der Waals surface area contributed by atoms with E-state index < -0.39 is 0 Å². The van der Waals surface area contributed by atoms with Crippen LogP contribution in [0.3, 0.4) is 0 Å². The molecule has 5 heterocycles. The molecule has 9 heteroatoms. The van der Waals surface area contributed by atoms with Gasteiger partial charge in [0, 0.05) is 13.1 Å². The molecular weight excluding hydrogens is 416 g/mol. The van der Waals surface area contributed by atoms with Crippen LogP contribution in [0.5, 0.6) is 0 Å². The molecule has 0 radical (unpaired) electrons. The molecule has 0 fully saturated rings. The maximum Gasteiger partial charge on any atom is 0.204 e. The summed E-state index contributed by atoms with van der Waals surface area (Å²) in [6.45, 7) is 3.10. The Bertz CT molecular complexity index is 1470. The Labute approximate surface area is 188 Å². The van der Waals surface area contributed by atoms with Crippen molar-refractivity contribution in [2.75, 3.05) is 26.2 Å². The summed E-state index contributed by atoms with van der Waals surface area (Å²) in [4.78, 5) is 19.0. The maximum absolute atomic E-state index is 6.38. The lowest BCUT2D eigenvalue weighted by molar-refractivity contribution is 0.586. The average molecular weight is 436 g/mol. The molecule has 3 aromatic heterocycles. The highest BCUT2D eigenvalue weighted by atomic mass is 16.3. The number of benzene rings is 2. The van der Waals surface area contributed by atoms with Gasteiger partial charge in [0.05, 0.1) is 35.2 Å². The summed E-state index contributed by atoms with van der Waals surface area (Å²) in [5.41, 5.74) is 3.74. The SMILES string of the molecule is c1ccc2c(c1)nc(-c1ccc(-c3nc4ccccc4n3C3=NCCN3)o1)n2C1=NCCN1.